The number of carbonyl (C=O) groups excluding carboxylic acids is 2. The smallest absolute Gasteiger partial charge is 0.346 e. The Morgan fingerprint density at radius 3 is 1.76 bits per heavy atom. The van der Waals surface area contributed by atoms with Crippen LogP contribution in [0.4, 0.5) is 0 Å². The second-order valence-electron chi connectivity index (χ2n) is 9.39. The van der Waals surface area contributed by atoms with Crippen molar-refractivity contribution < 1.29 is 53.5 Å². The van der Waals surface area contributed by atoms with Crippen LogP contribution in [0.1, 0.15) is 59.5 Å². The average molecular weight is 568 g/mol. The molecule has 1 unspecified atom stereocenters. The third kappa shape index (κ3) is 5.02. The topological polar surface area (TPSA) is 174 Å². The van der Waals surface area contributed by atoms with Gasteiger partial charge < -0.3 is 29.5 Å². The first-order valence-corrected chi connectivity index (χ1v) is 12.3. The SMILES string of the molecule is CC1(c2ccc(Oc3ccc(C(=O)O)c(C(=O)O)c3)cc2)C(=O)OC(=O)c2ccc(cc2C(=O)O)Oc2ccc1cc2. The van der Waals surface area contributed by atoms with E-state index in [1.54, 1.807) is 43.3 Å². The van der Waals surface area contributed by atoms with E-state index in [0.717, 1.165) is 12.1 Å². The Bertz CT molecular complexity index is 1770. The summed E-state index contributed by atoms with van der Waals surface area (Å²) in [6, 6.07) is 19.8. The zero-order valence-corrected chi connectivity index (χ0v) is 21.7. The molecule has 0 aliphatic carbocycles. The van der Waals surface area contributed by atoms with Gasteiger partial charge >= 0.3 is 29.8 Å². The maximum absolute atomic E-state index is 13.6. The van der Waals surface area contributed by atoms with E-state index in [4.69, 9.17) is 14.2 Å². The summed E-state index contributed by atoms with van der Waals surface area (Å²) < 4.78 is 16.7. The van der Waals surface area contributed by atoms with Gasteiger partial charge in [-0.15, -0.1) is 0 Å². The van der Waals surface area contributed by atoms with Crippen molar-refractivity contribution in [1.29, 1.82) is 0 Å². The van der Waals surface area contributed by atoms with Crippen molar-refractivity contribution >= 4 is 29.8 Å². The zero-order valence-electron chi connectivity index (χ0n) is 21.7. The highest BCUT2D eigenvalue weighted by atomic mass is 16.6. The molecule has 4 aromatic rings. The van der Waals surface area contributed by atoms with E-state index in [-0.39, 0.29) is 22.8 Å². The van der Waals surface area contributed by atoms with Crippen molar-refractivity contribution in [3.8, 4) is 23.0 Å². The number of hydrogen-bond donors (Lipinski definition) is 3. The van der Waals surface area contributed by atoms with E-state index in [2.05, 4.69) is 0 Å². The van der Waals surface area contributed by atoms with Crippen LogP contribution in [0.3, 0.4) is 0 Å². The Kier molecular flexibility index (Phi) is 6.93. The van der Waals surface area contributed by atoms with Gasteiger partial charge in [0, 0.05) is 0 Å². The summed E-state index contributed by atoms with van der Waals surface area (Å²) in [6.45, 7) is 1.54. The number of rotatable bonds is 6. The second-order valence-corrected chi connectivity index (χ2v) is 9.39. The Balaban J connectivity index is 1.51. The molecule has 0 radical (unpaired) electrons. The van der Waals surface area contributed by atoms with Crippen LogP contribution in [0.2, 0.25) is 0 Å². The average Bonchev–Trinajstić information content (AvgIpc) is 2.98. The van der Waals surface area contributed by atoms with Gasteiger partial charge in [-0.1, -0.05) is 24.3 Å². The van der Waals surface area contributed by atoms with E-state index in [9.17, 15) is 39.3 Å². The number of aromatic carboxylic acids is 3. The summed E-state index contributed by atoms with van der Waals surface area (Å²) in [5, 5.41) is 28.2. The van der Waals surface area contributed by atoms with Crippen molar-refractivity contribution in [2.45, 2.75) is 12.3 Å². The molecule has 4 aromatic carbocycles. The van der Waals surface area contributed by atoms with Crippen LogP contribution < -0.4 is 9.47 Å². The van der Waals surface area contributed by atoms with E-state index < -0.39 is 52.0 Å². The molecule has 4 aliphatic heterocycles. The number of ether oxygens (including phenoxy) is 3. The molecule has 11 nitrogen and oxygen atoms in total. The Hall–Kier alpha value is -5.97. The molecule has 1 atom stereocenters. The summed E-state index contributed by atoms with van der Waals surface area (Å²) >= 11 is 0. The maximum atomic E-state index is 13.6. The molecular formula is C31H20O11. The molecule has 0 fully saturated rings. The highest BCUT2D eigenvalue weighted by Crippen LogP contribution is 2.37. The fraction of sp³-hybridized carbons (Fsp3) is 0.0645. The lowest BCUT2D eigenvalue weighted by molar-refractivity contribution is -0.142. The number of benzene rings is 4. The van der Waals surface area contributed by atoms with Crippen LogP contribution in [-0.2, 0) is 14.9 Å². The lowest BCUT2D eigenvalue weighted by Crippen LogP contribution is -2.37. The molecule has 0 spiro atoms. The van der Waals surface area contributed by atoms with Crippen LogP contribution in [0.25, 0.3) is 0 Å². The minimum atomic E-state index is -1.55. The highest BCUT2D eigenvalue weighted by molar-refractivity contribution is 6.07. The standard InChI is InChI=1S/C31H20O11/c1-31(16-2-6-18(7-3-16)40-20-10-12-22(26(32)33)24(14-20)27(34)35)17-4-8-19(9-5-17)41-21-11-13-23(25(15-21)28(36)37)29(38)42-30(31)39/h2-15H,1H3,(H,32,33)(H,34,35)(H,36,37). The van der Waals surface area contributed by atoms with Crippen LogP contribution in [0.15, 0.2) is 84.9 Å². The molecular weight excluding hydrogens is 548 g/mol. The van der Waals surface area contributed by atoms with Crippen molar-refractivity contribution in [3.05, 3.63) is 118 Å². The molecule has 0 saturated heterocycles. The number of esters is 2. The third-order valence-electron chi connectivity index (χ3n) is 6.82. The maximum Gasteiger partial charge on any atom is 0.346 e. The largest absolute Gasteiger partial charge is 0.478 e. The fourth-order valence-corrected chi connectivity index (χ4v) is 4.52. The molecule has 8 rings (SSSR count). The van der Waals surface area contributed by atoms with Gasteiger partial charge in [-0.25, -0.2) is 19.2 Å². The number of hydrogen-bond acceptors (Lipinski definition) is 8. The molecule has 0 saturated carbocycles. The quantitative estimate of drug-likeness (QED) is 0.201. The summed E-state index contributed by atoms with van der Waals surface area (Å²) in [7, 11) is 0. The van der Waals surface area contributed by atoms with Crippen molar-refractivity contribution in [2.24, 2.45) is 0 Å². The number of carboxylic acids is 3. The lowest BCUT2D eigenvalue weighted by atomic mass is 9.76. The van der Waals surface area contributed by atoms with Gasteiger partial charge in [0.05, 0.1) is 22.3 Å². The van der Waals surface area contributed by atoms with Crippen LogP contribution >= 0.6 is 0 Å². The molecule has 3 N–H and O–H groups in total. The van der Waals surface area contributed by atoms with Gasteiger partial charge in [0.25, 0.3) is 0 Å². The van der Waals surface area contributed by atoms with Crippen LogP contribution in [0.5, 0.6) is 23.0 Å². The van der Waals surface area contributed by atoms with Gasteiger partial charge in [-0.2, -0.15) is 0 Å². The number of carboxylic acid groups (broad SMARTS) is 3. The molecule has 42 heavy (non-hydrogen) atoms. The Morgan fingerprint density at radius 2 is 1.17 bits per heavy atom. The van der Waals surface area contributed by atoms with Gasteiger partial charge in [0.2, 0.25) is 0 Å². The molecule has 0 amide bonds. The summed E-state index contributed by atoms with van der Waals surface area (Å²) in [6.07, 6.45) is 0. The number of carbonyl (C=O) groups is 5. The molecule has 210 valence electrons. The van der Waals surface area contributed by atoms with Gasteiger partial charge in [-0.05, 0) is 78.7 Å². The molecule has 4 aliphatic rings. The predicted molar refractivity (Wildman–Crippen MR) is 144 cm³/mol. The molecule has 0 aromatic heterocycles. The Labute approximate surface area is 237 Å². The minimum Gasteiger partial charge on any atom is -0.478 e. The molecule has 4 bridgehead atoms. The van der Waals surface area contributed by atoms with Crippen molar-refractivity contribution in [1.82, 2.24) is 0 Å². The van der Waals surface area contributed by atoms with Crippen LogP contribution in [-0.4, -0.2) is 45.2 Å². The fourth-order valence-electron chi connectivity index (χ4n) is 4.52. The monoisotopic (exact) mass is 568 g/mol. The Morgan fingerprint density at radius 1 is 0.619 bits per heavy atom. The third-order valence-corrected chi connectivity index (χ3v) is 6.82. The van der Waals surface area contributed by atoms with E-state index in [1.165, 1.54) is 36.4 Å². The molecule has 4 heterocycles. The molecule has 11 heteroatoms. The van der Waals surface area contributed by atoms with E-state index in [1.807, 2.05) is 0 Å². The summed E-state index contributed by atoms with van der Waals surface area (Å²) in [5.41, 5.74) is -2.30. The first kappa shape index (κ1) is 27.6. The summed E-state index contributed by atoms with van der Waals surface area (Å²) in [5.74, 6) is -5.51. The van der Waals surface area contributed by atoms with Crippen molar-refractivity contribution in [2.75, 3.05) is 0 Å². The second kappa shape index (κ2) is 10.5. The first-order chi connectivity index (χ1) is 20.0. The van der Waals surface area contributed by atoms with E-state index >= 15 is 0 Å². The van der Waals surface area contributed by atoms with Gasteiger partial charge in [0.1, 0.15) is 28.4 Å². The minimum absolute atomic E-state index is 0.0686. The zero-order chi connectivity index (χ0) is 30.2. The van der Waals surface area contributed by atoms with E-state index in [0.29, 0.717) is 16.9 Å². The van der Waals surface area contributed by atoms with Crippen LogP contribution in [0, 0.1) is 0 Å². The highest BCUT2D eigenvalue weighted by Gasteiger charge is 2.41. The summed E-state index contributed by atoms with van der Waals surface area (Å²) in [4.78, 5) is 61.3. The van der Waals surface area contributed by atoms with Crippen molar-refractivity contribution in [3.63, 3.8) is 0 Å². The predicted octanol–water partition coefficient (Wildman–Crippen LogP) is 5.37. The lowest BCUT2D eigenvalue weighted by Gasteiger charge is -2.28. The van der Waals surface area contributed by atoms with Gasteiger partial charge in [0.15, 0.2) is 0 Å². The first-order valence-electron chi connectivity index (χ1n) is 12.3. The van der Waals surface area contributed by atoms with Gasteiger partial charge in [-0.3, -0.25) is 4.79 Å². The normalized spacial score (nSPS) is 15.9.